The van der Waals surface area contributed by atoms with Gasteiger partial charge in [0.05, 0.1) is 6.61 Å². The smallest absolute Gasteiger partial charge is 0.308 e. The van der Waals surface area contributed by atoms with E-state index in [-0.39, 0.29) is 6.42 Å². The summed E-state index contributed by atoms with van der Waals surface area (Å²) in [6.07, 6.45) is -8.22. The molecule has 0 saturated heterocycles. The molecule has 0 aliphatic carbocycles. The predicted octanol–water partition coefficient (Wildman–Crippen LogP) is -2.53. The molecule has 6 N–H and O–H groups in total. The van der Waals surface area contributed by atoms with Gasteiger partial charge < -0.3 is 35.4 Å². The van der Waals surface area contributed by atoms with E-state index in [0.717, 1.165) is 6.42 Å². The van der Waals surface area contributed by atoms with Crippen LogP contribution in [0.3, 0.4) is 0 Å². The van der Waals surface area contributed by atoms with Crippen molar-refractivity contribution in [3.63, 3.8) is 0 Å². The summed E-state index contributed by atoms with van der Waals surface area (Å²) >= 11 is 0. The minimum absolute atomic E-state index is 0.0538. The van der Waals surface area contributed by atoms with E-state index in [0.29, 0.717) is 6.42 Å². The second-order valence-electron chi connectivity index (χ2n) is 4.21. The zero-order chi connectivity index (χ0) is 15.0. The lowest BCUT2D eigenvalue weighted by Gasteiger charge is -2.28. The quantitative estimate of drug-likeness (QED) is 0.200. The molecule has 0 rings (SSSR count). The van der Waals surface area contributed by atoms with Crippen LogP contribution in [0.1, 0.15) is 26.2 Å². The summed E-state index contributed by atoms with van der Waals surface area (Å²) < 4.78 is 4.45. The van der Waals surface area contributed by atoms with Gasteiger partial charge in [-0.2, -0.15) is 0 Å². The Kier molecular flexibility index (Phi) is 8.81. The lowest BCUT2D eigenvalue weighted by molar-refractivity contribution is -0.213. The van der Waals surface area contributed by atoms with Crippen LogP contribution in [-0.4, -0.2) is 73.9 Å². The van der Waals surface area contributed by atoms with Crippen LogP contribution in [0.5, 0.6) is 0 Å². The van der Waals surface area contributed by atoms with Gasteiger partial charge in [0.15, 0.2) is 0 Å². The number of ether oxygens (including phenoxy) is 1. The van der Waals surface area contributed by atoms with E-state index in [2.05, 4.69) is 4.74 Å². The van der Waals surface area contributed by atoms with E-state index in [4.69, 9.17) is 10.2 Å². The number of unbranched alkanes of at least 4 members (excludes halogenated alkanes) is 1. The molecule has 0 radical (unpaired) electrons. The Morgan fingerprint density at radius 3 is 2.11 bits per heavy atom. The first kappa shape index (κ1) is 18.2. The summed E-state index contributed by atoms with van der Waals surface area (Å²) in [4.78, 5) is 11.2. The molecule has 0 saturated carbocycles. The van der Waals surface area contributed by atoms with Crippen LogP contribution in [0.2, 0.25) is 0 Å². The first-order valence-corrected chi connectivity index (χ1v) is 6.05. The molecule has 0 aliphatic rings. The third kappa shape index (κ3) is 6.28. The van der Waals surface area contributed by atoms with Crippen molar-refractivity contribution in [3.05, 3.63) is 0 Å². The summed E-state index contributed by atoms with van der Waals surface area (Å²) in [6.45, 7) is 1.02. The molecule has 8 nitrogen and oxygen atoms in total. The number of aliphatic hydroxyl groups is 6. The van der Waals surface area contributed by atoms with Gasteiger partial charge in [-0.05, 0) is 6.42 Å². The van der Waals surface area contributed by atoms with Gasteiger partial charge >= 0.3 is 5.97 Å². The number of carbonyl (C=O) groups is 1. The van der Waals surface area contributed by atoms with Gasteiger partial charge in [0, 0.05) is 6.42 Å². The molecule has 0 spiro atoms. The molecule has 0 heterocycles. The first-order chi connectivity index (χ1) is 8.84. The van der Waals surface area contributed by atoms with Crippen LogP contribution in [0, 0.1) is 0 Å². The monoisotopic (exact) mass is 282 g/mol. The van der Waals surface area contributed by atoms with Crippen molar-refractivity contribution in [1.29, 1.82) is 0 Å². The van der Waals surface area contributed by atoms with Crippen LogP contribution >= 0.6 is 0 Å². The Morgan fingerprint density at radius 2 is 1.63 bits per heavy atom. The third-order valence-corrected chi connectivity index (χ3v) is 2.56. The van der Waals surface area contributed by atoms with Crippen molar-refractivity contribution in [3.8, 4) is 0 Å². The van der Waals surface area contributed by atoms with E-state index in [1.165, 1.54) is 0 Å². The van der Waals surface area contributed by atoms with E-state index in [9.17, 15) is 25.2 Å². The van der Waals surface area contributed by atoms with Crippen molar-refractivity contribution in [2.24, 2.45) is 0 Å². The molecule has 0 amide bonds. The maximum Gasteiger partial charge on any atom is 0.308 e. The number of hydrogen-bond donors (Lipinski definition) is 6. The van der Waals surface area contributed by atoms with E-state index in [1.54, 1.807) is 0 Å². The highest BCUT2D eigenvalue weighted by molar-refractivity contribution is 5.69. The van der Waals surface area contributed by atoms with E-state index >= 15 is 0 Å². The SMILES string of the molecule is CCCCC(=O)OC(O)[C@H](O)[C@H](O)[C@H](O)[C@@H](O)CO. The van der Waals surface area contributed by atoms with Crippen molar-refractivity contribution >= 4 is 5.97 Å². The maximum atomic E-state index is 11.2. The largest absolute Gasteiger partial charge is 0.433 e. The van der Waals surface area contributed by atoms with Crippen LogP contribution in [0.15, 0.2) is 0 Å². The van der Waals surface area contributed by atoms with Crippen molar-refractivity contribution in [2.75, 3.05) is 6.61 Å². The van der Waals surface area contributed by atoms with E-state index < -0.39 is 43.3 Å². The fourth-order valence-electron chi connectivity index (χ4n) is 1.29. The Labute approximate surface area is 110 Å². The molecule has 0 aromatic carbocycles. The molecule has 0 aromatic heterocycles. The van der Waals surface area contributed by atoms with Gasteiger partial charge in [0.2, 0.25) is 6.29 Å². The first-order valence-electron chi connectivity index (χ1n) is 6.05. The van der Waals surface area contributed by atoms with Gasteiger partial charge in [0.25, 0.3) is 0 Å². The molecule has 0 bridgehead atoms. The maximum absolute atomic E-state index is 11.2. The topological polar surface area (TPSA) is 148 Å². The number of rotatable bonds is 9. The molecule has 0 aliphatic heterocycles. The molecule has 1 unspecified atom stereocenters. The van der Waals surface area contributed by atoms with Crippen LogP contribution < -0.4 is 0 Å². The highest BCUT2D eigenvalue weighted by atomic mass is 16.6. The zero-order valence-electron chi connectivity index (χ0n) is 10.7. The number of hydrogen-bond acceptors (Lipinski definition) is 8. The summed E-state index contributed by atoms with van der Waals surface area (Å²) in [6, 6.07) is 0. The highest BCUT2D eigenvalue weighted by Crippen LogP contribution is 2.10. The van der Waals surface area contributed by atoms with Gasteiger partial charge in [-0.3, -0.25) is 4.79 Å². The fraction of sp³-hybridized carbons (Fsp3) is 0.909. The predicted molar refractivity (Wildman–Crippen MR) is 62.7 cm³/mol. The van der Waals surface area contributed by atoms with Crippen LogP contribution in [0.25, 0.3) is 0 Å². The molecule has 5 atom stereocenters. The minimum Gasteiger partial charge on any atom is -0.433 e. The average molecular weight is 282 g/mol. The van der Waals surface area contributed by atoms with Gasteiger partial charge in [-0.25, -0.2) is 0 Å². The van der Waals surface area contributed by atoms with Gasteiger partial charge in [0.1, 0.15) is 24.4 Å². The number of aliphatic hydroxyl groups excluding tert-OH is 6. The molecule has 0 aromatic rings. The molecule has 8 heteroatoms. The lowest BCUT2D eigenvalue weighted by Crippen LogP contribution is -2.50. The van der Waals surface area contributed by atoms with Gasteiger partial charge in [-0.15, -0.1) is 0 Å². The summed E-state index contributed by atoms with van der Waals surface area (Å²) in [5.74, 6) is -0.752. The van der Waals surface area contributed by atoms with Crippen molar-refractivity contribution < 1.29 is 40.2 Å². The third-order valence-electron chi connectivity index (χ3n) is 2.56. The highest BCUT2D eigenvalue weighted by Gasteiger charge is 2.35. The number of esters is 1. The summed E-state index contributed by atoms with van der Waals surface area (Å²) in [5, 5.41) is 55.2. The second kappa shape index (κ2) is 9.18. The molecular weight excluding hydrogens is 260 g/mol. The van der Waals surface area contributed by atoms with Crippen molar-refractivity contribution in [1.82, 2.24) is 0 Å². The average Bonchev–Trinajstić information content (AvgIpc) is 2.41. The van der Waals surface area contributed by atoms with Crippen molar-refractivity contribution in [2.45, 2.75) is 56.9 Å². The summed E-state index contributed by atoms with van der Waals surface area (Å²) in [5.41, 5.74) is 0. The molecular formula is C11H22O8. The van der Waals surface area contributed by atoms with Crippen LogP contribution in [0.4, 0.5) is 0 Å². The van der Waals surface area contributed by atoms with Gasteiger partial charge in [-0.1, -0.05) is 13.3 Å². The normalized spacial score (nSPS) is 19.3. The fourth-order valence-corrected chi connectivity index (χ4v) is 1.29. The second-order valence-corrected chi connectivity index (χ2v) is 4.21. The molecule has 19 heavy (non-hydrogen) atoms. The summed E-state index contributed by atoms with van der Waals surface area (Å²) in [7, 11) is 0. The van der Waals surface area contributed by atoms with E-state index in [1.807, 2.05) is 6.92 Å². The minimum atomic E-state index is -2.03. The van der Waals surface area contributed by atoms with Crippen LogP contribution in [-0.2, 0) is 9.53 Å². The Bertz CT molecular complexity index is 259. The zero-order valence-corrected chi connectivity index (χ0v) is 10.7. The molecule has 0 fully saturated rings. The Morgan fingerprint density at radius 1 is 1.05 bits per heavy atom. The lowest BCUT2D eigenvalue weighted by atomic mass is 10.0. The number of carbonyl (C=O) groups excluding carboxylic acids is 1. The Balaban J connectivity index is 4.30. The molecule has 114 valence electrons. The Hall–Kier alpha value is -0.770. The standard InChI is InChI=1S/C11H22O8/c1-2-3-4-7(14)19-11(18)10(17)9(16)8(15)6(13)5-12/h6,8-13,15-18H,2-5H2,1H3/t6-,8+,9+,10+,11?/m0/s1.